The molecule has 1 aromatic heterocycles. The summed E-state index contributed by atoms with van der Waals surface area (Å²) < 4.78 is 41.2. The van der Waals surface area contributed by atoms with Crippen molar-refractivity contribution in [2.24, 2.45) is 5.92 Å². The summed E-state index contributed by atoms with van der Waals surface area (Å²) in [6.07, 6.45) is -0.512. The van der Waals surface area contributed by atoms with Crippen LogP contribution >= 0.6 is 0 Å². The number of piperidine rings is 3. The second-order valence-corrected chi connectivity index (χ2v) is 7.29. The van der Waals surface area contributed by atoms with Gasteiger partial charge >= 0.3 is 6.36 Å². The van der Waals surface area contributed by atoms with E-state index in [4.69, 9.17) is 0 Å². The van der Waals surface area contributed by atoms with Crippen molar-refractivity contribution >= 4 is 5.69 Å². The third kappa shape index (κ3) is 4.03. The van der Waals surface area contributed by atoms with Crippen LogP contribution in [0.5, 0.6) is 5.75 Å². The standard InChI is InChI=1S/C20H22F3N3O/c1-13-19(14-7-9-26(13)10-8-14)25-16-5-6-18(24-12-16)15-3-2-4-17(11-15)27-20(21,22)23/h2-6,11-14,19,25H,7-10H2,1H3/t13-,19-/m1/s1. The predicted molar refractivity (Wildman–Crippen MR) is 97.5 cm³/mol. The highest BCUT2D eigenvalue weighted by Gasteiger charge is 2.39. The molecular weight excluding hydrogens is 355 g/mol. The Morgan fingerprint density at radius 3 is 2.56 bits per heavy atom. The molecule has 3 aliphatic rings. The Balaban J connectivity index is 1.47. The molecule has 2 aromatic rings. The molecule has 5 rings (SSSR count). The molecule has 2 bridgehead atoms. The normalized spacial score (nSPS) is 27.4. The molecule has 0 aliphatic carbocycles. The minimum absolute atomic E-state index is 0.245. The maximum Gasteiger partial charge on any atom is 0.573 e. The average molecular weight is 377 g/mol. The molecule has 0 amide bonds. The van der Waals surface area contributed by atoms with Crippen LogP contribution in [-0.2, 0) is 0 Å². The van der Waals surface area contributed by atoms with Gasteiger partial charge in [0.05, 0.1) is 17.6 Å². The highest BCUT2D eigenvalue weighted by atomic mass is 19.4. The molecule has 0 unspecified atom stereocenters. The fourth-order valence-corrected chi connectivity index (χ4v) is 4.24. The molecular formula is C20H22F3N3O. The minimum Gasteiger partial charge on any atom is -0.406 e. The van der Waals surface area contributed by atoms with Crippen LogP contribution in [0.15, 0.2) is 42.6 Å². The zero-order valence-corrected chi connectivity index (χ0v) is 15.0. The molecule has 3 aliphatic heterocycles. The SMILES string of the molecule is C[C@@H]1[C@@H](Nc2ccc(-c3cccc(OC(F)(F)F)c3)nc2)C2CCN1CC2. The Morgan fingerprint density at radius 1 is 1.15 bits per heavy atom. The number of pyridine rings is 1. The fraction of sp³-hybridized carbons (Fsp3) is 0.450. The van der Waals surface area contributed by atoms with Gasteiger partial charge in [0.25, 0.3) is 0 Å². The quantitative estimate of drug-likeness (QED) is 0.849. The van der Waals surface area contributed by atoms with Crippen molar-refractivity contribution in [3.8, 4) is 17.0 Å². The highest BCUT2D eigenvalue weighted by molar-refractivity contribution is 5.63. The van der Waals surface area contributed by atoms with Crippen molar-refractivity contribution in [2.75, 3.05) is 18.4 Å². The van der Waals surface area contributed by atoms with Crippen LogP contribution in [0, 0.1) is 5.92 Å². The number of benzene rings is 1. The molecule has 7 heteroatoms. The second-order valence-electron chi connectivity index (χ2n) is 7.29. The zero-order valence-electron chi connectivity index (χ0n) is 15.0. The topological polar surface area (TPSA) is 37.4 Å². The number of fused-ring (bicyclic) bond motifs is 3. The van der Waals surface area contributed by atoms with Crippen LogP contribution in [0.3, 0.4) is 0 Å². The van der Waals surface area contributed by atoms with E-state index in [9.17, 15) is 13.2 Å². The third-order valence-corrected chi connectivity index (χ3v) is 5.64. The summed E-state index contributed by atoms with van der Waals surface area (Å²) in [5.74, 6) is 0.436. The van der Waals surface area contributed by atoms with Gasteiger partial charge in [-0.05, 0) is 63.0 Å². The van der Waals surface area contributed by atoms with Crippen molar-refractivity contribution in [3.05, 3.63) is 42.6 Å². The van der Waals surface area contributed by atoms with Gasteiger partial charge in [-0.25, -0.2) is 0 Å². The fourth-order valence-electron chi connectivity index (χ4n) is 4.24. The van der Waals surface area contributed by atoms with E-state index in [1.54, 1.807) is 12.3 Å². The summed E-state index contributed by atoms with van der Waals surface area (Å²) in [5.41, 5.74) is 2.13. The summed E-state index contributed by atoms with van der Waals surface area (Å²) >= 11 is 0. The Labute approximate surface area is 156 Å². The minimum atomic E-state index is -4.70. The lowest BCUT2D eigenvalue weighted by Crippen LogP contribution is -2.59. The number of nitrogens with zero attached hydrogens (tertiary/aromatic N) is 2. The van der Waals surface area contributed by atoms with Crippen LogP contribution in [0.1, 0.15) is 19.8 Å². The maximum atomic E-state index is 12.4. The molecule has 1 N–H and O–H groups in total. The summed E-state index contributed by atoms with van der Waals surface area (Å²) in [7, 11) is 0. The first-order valence-electron chi connectivity index (χ1n) is 9.22. The van der Waals surface area contributed by atoms with Gasteiger partial charge in [-0.1, -0.05) is 12.1 Å². The summed E-state index contributed by atoms with van der Waals surface area (Å²) in [6, 6.07) is 10.5. The van der Waals surface area contributed by atoms with Gasteiger partial charge in [0, 0.05) is 17.6 Å². The Morgan fingerprint density at radius 2 is 1.93 bits per heavy atom. The van der Waals surface area contributed by atoms with Crippen LogP contribution in [0.4, 0.5) is 18.9 Å². The number of halogens is 3. The smallest absolute Gasteiger partial charge is 0.406 e. The van der Waals surface area contributed by atoms with Crippen LogP contribution in [0.2, 0.25) is 0 Å². The molecule has 27 heavy (non-hydrogen) atoms. The van der Waals surface area contributed by atoms with Crippen molar-refractivity contribution in [1.29, 1.82) is 0 Å². The number of rotatable bonds is 4. The number of alkyl halides is 3. The van der Waals surface area contributed by atoms with Crippen molar-refractivity contribution in [2.45, 2.75) is 38.2 Å². The van der Waals surface area contributed by atoms with Gasteiger partial charge in [0.15, 0.2) is 0 Å². The van der Waals surface area contributed by atoms with Crippen LogP contribution < -0.4 is 10.1 Å². The number of ether oxygens (including phenoxy) is 1. The summed E-state index contributed by atoms with van der Waals surface area (Å²) in [4.78, 5) is 6.95. The Hall–Kier alpha value is -2.28. The van der Waals surface area contributed by atoms with E-state index in [1.807, 2.05) is 12.1 Å². The van der Waals surface area contributed by atoms with E-state index < -0.39 is 6.36 Å². The molecule has 144 valence electrons. The van der Waals surface area contributed by atoms with Gasteiger partial charge in [0.1, 0.15) is 5.75 Å². The van der Waals surface area contributed by atoms with Gasteiger partial charge in [-0.15, -0.1) is 13.2 Å². The van der Waals surface area contributed by atoms with E-state index in [-0.39, 0.29) is 5.75 Å². The van der Waals surface area contributed by atoms with E-state index in [0.29, 0.717) is 29.3 Å². The number of hydrogen-bond donors (Lipinski definition) is 1. The number of nitrogens with one attached hydrogen (secondary N) is 1. The lowest BCUT2D eigenvalue weighted by Gasteiger charge is -2.50. The summed E-state index contributed by atoms with van der Waals surface area (Å²) in [6.45, 7) is 4.62. The number of hydrogen-bond acceptors (Lipinski definition) is 4. The molecule has 0 spiro atoms. The molecule has 4 nitrogen and oxygen atoms in total. The summed E-state index contributed by atoms with van der Waals surface area (Å²) in [5, 5.41) is 3.61. The molecule has 0 saturated carbocycles. The molecule has 1 aromatic carbocycles. The average Bonchev–Trinajstić information content (AvgIpc) is 2.64. The highest BCUT2D eigenvalue weighted by Crippen LogP contribution is 2.34. The first kappa shape index (κ1) is 18.1. The van der Waals surface area contributed by atoms with Gasteiger partial charge in [-0.3, -0.25) is 9.88 Å². The largest absolute Gasteiger partial charge is 0.573 e. The molecule has 3 saturated heterocycles. The number of anilines is 1. The van der Waals surface area contributed by atoms with Gasteiger partial charge in [-0.2, -0.15) is 0 Å². The number of aromatic nitrogens is 1. The molecule has 3 fully saturated rings. The lowest BCUT2D eigenvalue weighted by molar-refractivity contribution is -0.274. The predicted octanol–water partition coefficient (Wildman–Crippen LogP) is 4.54. The first-order chi connectivity index (χ1) is 12.9. The third-order valence-electron chi connectivity index (χ3n) is 5.64. The van der Waals surface area contributed by atoms with E-state index in [2.05, 4.69) is 26.9 Å². The Kier molecular flexibility index (Phi) is 4.72. The van der Waals surface area contributed by atoms with Crippen molar-refractivity contribution in [3.63, 3.8) is 0 Å². The molecule has 4 heterocycles. The zero-order chi connectivity index (χ0) is 19.0. The van der Waals surface area contributed by atoms with Crippen LogP contribution in [-0.4, -0.2) is 41.4 Å². The van der Waals surface area contributed by atoms with Gasteiger partial charge < -0.3 is 10.1 Å². The first-order valence-corrected chi connectivity index (χ1v) is 9.22. The lowest BCUT2D eigenvalue weighted by atomic mass is 9.79. The molecule has 0 radical (unpaired) electrons. The maximum absolute atomic E-state index is 12.4. The van der Waals surface area contributed by atoms with E-state index in [1.165, 1.54) is 44.1 Å². The van der Waals surface area contributed by atoms with E-state index in [0.717, 1.165) is 5.69 Å². The van der Waals surface area contributed by atoms with E-state index >= 15 is 0 Å². The van der Waals surface area contributed by atoms with Crippen molar-refractivity contribution < 1.29 is 17.9 Å². The molecule has 2 atom stereocenters. The van der Waals surface area contributed by atoms with Crippen molar-refractivity contribution in [1.82, 2.24) is 9.88 Å². The Bertz CT molecular complexity index is 784. The monoisotopic (exact) mass is 377 g/mol. The van der Waals surface area contributed by atoms with Crippen LogP contribution in [0.25, 0.3) is 11.3 Å². The van der Waals surface area contributed by atoms with Gasteiger partial charge in [0.2, 0.25) is 0 Å². The second kappa shape index (κ2) is 7.03.